The first-order valence-corrected chi connectivity index (χ1v) is 7.94. The molecule has 0 radical (unpaired) electrons. The Hall–Kier alpha value is -2.35. The molecule has 2 N–H and O–H groups in total. The van der Waals surface area contributed by atoms with Crippen molar-refractivity contribution in [2.24, 2.45) is 0 Å². The number of piperazine rings is 1. The molecule has 3 aliphatic rings. The largest absolute Gasteiger partial charge is 0.490 e. The van der Waals surface area contributed by atoms with Gasteiger partial charge in [-0.25, -0.2) is 9.78 Å². The topological polar surface area (TPSA) is 86.8 Å². The number of carbonyl (C=O) groups is 2. The summed E-state index contributed by atoms with van der Waals surface area (Å²) in [6.07, 6.45) is 2.92. The van der Waals surface area contributed by atoms with Crippen molar-refractivity contribution in [3.05, 3.63) is 12.3 Å². The molecule has 0 unspecified atom stereocenters. The van der Waals surface area contributed by atoms with Gasteiger partial charge in [-0.2, -0.15) is 0 Å². The van der Waals surface area contributed by atoms with Gasteiger partial charge in [-0.1, -0.05) is 0 Å². The average Bonchev–Trinajstić information content (AvgIpc) is 2.73. The van der Waals surface area contributed by atoms with Crippen LogP contribution in [-0.4, -0.2) is 55.8 Å². The third kappa shape index (κ3) is 2.59. The van der Waals surface area contributed by atoms with Crippen molar-refractivity contribution in [1.29, 1.82) is 0 Å². The summed E-state index contributed by atoms with van der Waals surface area (Å²) in [6, 6.07) is 1.83. The van der Waals surface area contributed by atoms with Crippen molar-refractivity contribution in [3.63, 3.8) is 0 Å². The fourth-order valence-electron chi connectivity index (χ4n) is 3.31. The molecule has 4 rings (SSSR count). The van der Waals surface area contributed by atoms with Gasteiger partial charge in [0.2, 0.25) is 5.91 Å². The van der Waals surface area contributed by atoms with Crippen LogP contribution in [0.15, 0.2) is 12.3 Å². The van der Waals surface area contributed by atoms with Crippen LogP contribution in [0.1, 0.15) is 12.8 Å². The number of nitrogens with zero attached hydrogens (tertiary/aromatic N) is 3. The number of imide groups is 1. The number of anilines is 2. The van der Waals surface area contributed by atoms with E-state index in [9.17, 15) is 9.59 Å². The van der Waals surface area contributed by atoms with E-state index in [1.54, 1.807) is 6.20 Å². The summed E-state index contributed by atoms with van der Waals surface area (Å²) in [5, 5.41) is 5.72. The number of hydrogen-bond donors (Lipinski definition) is 2. The van der Waals surface area contributed by atoms with Gasteiger partial charge in [0, 0.05) is 51.1 Å². The van der Waals surface area contributed by atoms with Crippen LogP contribution in [-0.2, 0) is 4.79 Å². The molecule has 1 aromatic rings. The summed E-state index contributed by atoms with van der Waals surface area (Å²) in [6.45, 7) is 3.75. The second-order valence-electron chi connectivity index (χ2n) is 5.96. The van der Waals surface area contributed by atoms with Gasteiger partial charge in [-0.3, -0.25) is 15.0 Å². The minimum Gasteiger partial charge on any atom is -0.490 e. The van der Waals surface area contributed by atoms with E-state index in [4.69, 9.17) is 4.74 Å². The first-order valence-electron chi connectivity index (χ1n) is 7.94. The van der Waals surface area contributed by atoms with Crippen molar-refractivity contribution in [2.45, 2.75) is 18.9 Å². The van der Waals surface area contributed by atoms with Gasteiger partial charge in [0.1, 0.15) is 0 Å². The van der Waals surface area contributed by atoms with E-state index in [0.717, 1.165) is 31.9 Å². The molecule has 8 heteroatoms. The first-order chi connectivity index (χ1) is 11.2. The number of amides is 3. The summed E-state index contributed by atoms with van der Waals surface area (Å²) in [5.41, 5.74) is 0.655. The lowest BCUT2D eigenvalue weighted by Crippen LogP contribution is -2.51. The Morgan fingerprint density at radius 1 is 1.30 bits per heavy atom. The molecule has 2 saturated heterocycles. The molecule has 2 fully saturated rings. The molecule has 3 amide bonds. The summed E-state index contributed by atoms with van der Waals surface area (Å²) in [5.74, 6) is 1.30. The van der Waals surface area contributed by atoms with Gasteiger partial charge >= 0.3 is 6.03 Å². The highest BCUT2D eigenvalue weighted by atomic mass is 16.5. The lowest BCUT2D eigenvalue weighted by Gasteiger charge is -2.35. The standard InChI is InChI=1S/C15H19N5O3/c21-13-1-4-20(15(22)18-13)11-7-12-14(17-9-11)19-5-3-16-8-10(19)2-6-23-12/h7,9-10,16H,1-6,8H2,(H,18,21,22)/t10-/m0/s1. The Kier molecular flexibility index (Phi) is 3.53. The molecular weight excluding hydrogens is 298 g/mol. The highest BCUT2D eigenvalue weighted by Crippen LogP contribution is 2.35. The summed E-state index contributed by atoms with van der Waals surface area (Å²) >= 11 is 0. The van der Waals surface area contributed by atoms with E-state index < -0.39 is 6.03 Å². The monoisotopic (exact) mass is 317 g/mol. The number of pyridine rings is 1. The molecule has 0 bridgehead atoms. The lowest BCUT2D eigenvalue weighted by atomic mass is 10.1. The smallest absolute Gasteiger partial charge is 0.328 e. The van der Waals surface area contributed by atoms with Crippen LogP contribution >= 0.6 is 0 Å². The molecule has 0 aliphatic carbocycles. The maximum Gasteiger partial charge on any atom is 0.328 e. The molecule has 8 nitrogen and oxygen atoms in total. The molecule has 0 spiro atoms. The number of urea groups is 1. The van der Waals surface area contributed by atoms with E-state index in [0.29, 0.717) is 37.1 Å². The number of ether oxygens (including phenoxy) is 1. The molecule has 0 aromatic carbocycles. The van der Waals surface area contributed by atoms with E-state index >= 15 is 0 Å². The molecule has 1 atom stereocenters. The van der Waals surface area contributed by atoms with E-state index in [2.05, 4.69) is 20.5 Å². The van der Waals surface area contributed by atoms with Crippen LogP contribution in [0, 0.1) is 0 Å². The Morgan fingerprint density at radius 2 is 2.22 bits per heavy atom. The van der Waals surface area contributed by atoms with Gasteiger partial charge in [-0.05, 0) is 0 Å². The van der Waals surface area contributed by atoms with Gasteiger partial charge in [0.05, 0.1) is 18.5 Å². The Morgan fingerprint density at radius 3 is 3.09 bits per heavy atom. The Bertz CT molecular complexity index is 650. The quantitative estimate of drug-likeness (QED) is 0.763. The highest BCUT2D eigenvalue weighted by molar-refractivity contribution is 6.05. The van der Waals surface area contributed by atoms with Crippen LogP contribution in [0.3, 0.4) is 0 Å². The minimum atomic E-state index is -0.406. The van der Waals surface area contributed by atoms with E-state index in [1.165, 1.54) is 4.90 Å². The van der Waals surface area contributed by atoms with Gasteiger partial charge < -0.3 is 15.0 Å². The maximum absolute atomic E-state index is 12.0. The normalized spacial score (nSPS) is 24.3. The molecule has 4 heterocycles. The SMILES string of the molecule is O=C1CCN(c2cnc3c(c2)OCC[C@H]2CNCCN32)C(=O)N1. The van der Waals surface area contributed by atoms with Gasteiger partial charge in [-0.15, -0.1) is 0 Å². The number of nitrogens with one attached hydrogen (secondary N) is 2. The number of aromatic nitrogens is 1. The van der Waals surface area contributed by atoms with Crippen LogP contribution < -0.4 is 25.2 Å². The first kappa shape index (κ1) is 14.3. The highest BCUT2D eigenvalue weighted by Gasteiger charge is 2.30. The zero-order chi connectivity index (χ0) is 15.8. The fourth-order valence-corrected chi connectivity index (χ4v) is 3.31. The third-order valence-corrected chi connectivity index (χ3v) is 4.52. The number of carbonyl (C=O) groups excluding carboxylic acids is 2. The average molecular weight is 317 g/mol. The second kappa shape index (κ2) is 5.69. The van der Waals surface area contributed by atoms with Crippen molar-refractivity contribution in [1.82, 2.24) is 15.6 Å². The van der Waals surface area contributed by atoms with Crippen LogP contribution in [0.25, 0.3) is 0 Å². The molecule has 0 saturated carbocycles. The molecule has 1 aromatic heterocycles. The predicted octanol–water partition coefficient (Wildman–Crippen LogP) is 0.0886. The van der Waals surface area contributed by atoms with E-state index in [1.807, 2.05) is 6.07 Å². The minimum absolute atomic E-state index is 0.242. The number of rotatable bonds is 1. The maximum atomic E-state index is 12.0. The molecular formula is C15H19N5O3. The van der Waals surface area contributed by atoms with Crippen LogP contribution in [0.2, 0.25) is 0 Å². The van der Waals surface area contributed by atoms with Gasteiger partial charge in [0.25, 0.3) is 0 Å². The fraction of sp³-hybridized carbons (Fsp3) is 0.533. The summed E-state index contributed by atoms with van der Waals surface area (Å²) in [7, 11) is 0. The Balaban J connectivity index is 1.64. The van der Waals surface area contributed by atoms with Crippen molar-refractivity contribution in [3.8, 4) is 5.75 Å². The number of hydrogen-bond acceptors (Lipinski definition) is 6. The van der Waals surface area contributed by atoms with Crippen LogP contribution in [0.4, 0.5) is 16.3 Å². The second-order valence-corrected chi connectivity index (χ2v) is 5.96. The summed E-state index contributed by atoms with van der Waals surface area (Å²) < 4.78 is 5.87. The van der Waals surface area contributed by atoms with Crippen molar-refractivity contribution in [2.75, 3.05) is 42.6 Å². The Labute approximate surface area is 133 Å². The van der Waals surface area contributed by atoms with Gasteiger partial charge in [0.15, 0.2) is 11.6 Å². The third-order valence-electron chi connectivity index (χ3n) is 4.52. The molecule has 3 aliphatic heterocycles. The zero-order valence-corrected chi connectivity index (χ0v) is 12.7. The van der Waals surface area contributed by atoms with E-state index in [-0.39, 0.29) is 5.91 Å². The number of fused-ring (bicyclic) bond motifs is 3. The predicted molar refractivity (Wildman–Crippen MR) is 83.9 cm³/mol. The molecule has 122 valence electrons. The zero-order valence-electron chi connectivity index (χ0n) is 12.7. The van der Waals surface area contributed by atoms with Crippen LogP contribution in [0.5, 0.6) is 5.75 Å². The molecule has 23 heavy (non-hydrogen) atoms. The summed E-state index contributed by atoms with van der Waals surface area (Å²) in [4.78, 5) is 31.6. The van der Waals surface area contributed by atoms with Crippen molar-refractivity contribution >= 4 is 23.4 Å². The lowest BCUT2D eigenvalue weighted by molar-refractivity contribution is -0.120. The van der Waals surface area contributed by atoms with Crippen molar-refractivity contribution < 1.29 is 14.3 Å².